The maximum atomic E-state index is 3.95. The van der Waals surface area contributed by atoms with E-state index in [4.69, 9.17) is 0 Å². The van der Waals surface area contributed by atoms with Gasteiger partial charge in [0.25, 0.3) is 0 Å². The maximum Gasteiger partial charge on any atom is -0.0233 e. The van der Waals surface area contributed by atoms with Gasteiger partial charge in [0.1, 0.15) is 0 Å². The van der Waals surface area contributed by atoms with Crippen LogP contribution in [0.1, 0.15) is 149 Å². The smallest absolute Gasteiger partial charge is 0.0233 e. The molecule has 4 aliphatic rings. The summed E-state index contributed by atoms with van der Waals surface area (Å²) in [6.45, 7) is 10.8. The number of rotatable bonds is 8. The first-order chi connectivity index (χ1) is 17.2. The molecule has 202 valence electrons. The van der Waals surface area contributed by atoms with E-state index in [9.17, 15) is 0 Å². The summed E-state index contributed by atoms with van der Waals surface area (Å²) in [5, 5.41) is 0. The van der Waals surface area contributed by atoms with E-state index < -0.39 is 0 Å². The van der Waals surface area contributed by atoms with Gasteiger partial charge < -0.3 is 0 Å². The van der Waals surface area contributed by atoms with Crippen molar-refractivity contribution in [3.8, 4) is 0 Å². The fourth-order valence-corrected chi connectivity index (χ4v) is 8.65. The molecule has 0 aromatic carbocycles. The minimum absolute atomic E-state index is 0.836. The van der Waals surface area contributed by atoms with Crippen molar-refractivity contribution in [2.45, 2.75) is 149 Å². The quantitative estimate of drug-likeness (QED) is 0.302. The summed E-state index contributed by atoms with van der Waals surface area (Å²) in [5.74, 6) is 8.19. The molecule has 4 aliphatic carbocycles. The first-order valence-corrected chi connectivity index (χ1v) is 16.4. The summed E-state index contributed by atoms with van der Waals surface area (Å²) in [6, 6.07) is 0. The van der Waals surface area contributed by atoms with Gasteiger partial charge in [-0.1, -0.05) is 83.4 Å². The van der Waals surface area contributed by atoms with Crippen molar-refractivity contribution in [2.24, 2.45) is 47.3 Å². The van der Waals surface area contributed by atoms with Crippen molar-refractivity contribution in [1.82, 2.24) is 0 Å². The molecule has 0 nitrogen and oxygen atoms in total. The van der Waals surface area contributed by atoms with E-state index in [1.165, 1.54) is 116 Å². The van der Waals surface area contributed by atoms with Gasteiger partial charge in [-0.25, -0.2) is 0 Å². The Morgan fingerprint density at radius 1 is 0.514 bits per heavy atom. The zero-order chi connectivity index (χ0) is 24.9. The molecule has 0 atom stereocenters. The Morgan fingerprint density at radius 2 is 0.857 bits per heavy atom. The van der Waals surface area contributed by atoms with Crippen LogP contribution in [-0.4, -0.2) is 0 Å². The van der Waals surface area contributed by atoms with Crippen molar-refractivity contribution in [1.29, 1.82) is 0 Å². The van der Waals surface area contributed by atoms with Gasteiger partial charge in [-0.2, -0.15) is 0 Å². The Balaban J connectivity index is 0.000000196. The fraction of sp³-hybridized carbons (Fsp3) is 0.886. The number of hydrogen-bond acceptors (Lipinski definition) is 0. The molecule has 4 fully saturated rings. The third-order valence-electron chi connectivity index (χ3n) is 10.9. The van der Waals surface area contributed by atoms with Crippen LogP contribution >= 0.6 is 0 Å². The molecule has 4 rings (SSSR count). The first kappa shape index (κ1) is 29.0. The normalized spacial score (nSPS) is 38.5. The van der Waals surface area contributed by atoms with Crippen LogP contribution in [0.3, 0.4) is 0 Å². The lowest BCUT2D eigenvalue weighted by Crippen LogP contribution is -2.25. The molecular formula is C35H62. The predicted octanol–water partition coefficient (Wildman–Crippen LogP) is 11.6. The van der Waals surface area contributed by atoms with Crippen molar-refractivity contribution < 1.29 is 0 Å². The van der Waals surface area contributed by atoms with Gasteiger partial charge >= 0.3 is 0 Å². The second kappa shape index (κ2) is 16.3. The molecule has 0 spiro atoms. The summed E-state index contributed by atoms with van der Waals surface area (Å²) in [4.78, 5) is 0. The SMILES string of the molecule is C/C=C/C1CCC(C2CCC(CCC)CC2)CC1.C=CC1CCC(C2CCC(CCC)CC2)CC1. The van der Waals surface area contributed by atoms with Crippen LogP contribution in [-0.2, 0) is 0 Å². The Morgan fingerprint density at radius 3 is 1.17 bits per heavy atom. The van der Waals surface area contributed by atoms with E-state index >= 15 is 0 Å². The zero-order valence-corrected chi connectivity index (χ0v) is 24.2. The van der Waals surface area contributed by atoms with Gasteiger partial charge in [0, 0.05) is 0 Å². The Bertz CT molecular complexity index is 555. The second-order valence-electron chi connectivity index (χ2n) is 13.3. The molecule has 35 heavy (non-hydrogen) atoms. The minimum Gasteiger partial charge on any atom is -0.103 e. The summed E-state index contributed by atoms with van der Waals surface area (Å²) in [7, 11) is 0. The van der Waals surface area contributed by atoms with Crippen molar-refractivity contribution >= 4 is 0 Å². The van der Waals surface area contributed by atoms with Gasteiger partial charge in [-0.3, -0.25) is 0 Å². The highest BCUT2D eigenvalue weighted by Crippen LogP contribution is 2.43. The third-order valence-corrected chi connectivity index (χ3v) is 10.9. The minimum atomic E-state index is 0.836. The lowest BCUT2D eigenvalue weighted by atomic mass is 9.69. The van der Waals surface area contributed by atoms with Gasteiger partial charge in [0.05, 0.1) is 0 Å². The van der Waals surface area contributed by atoms with Crippen LogP contribution in [0.25, 0.3) is 0 Å². The summed E-state index contributed by atoms with van der Waals surface area (Å²) in [5.41, 5.74) is 0. The lowest BCUT2D eigenvalue weighted by Gasteiger charge is -2.37. The molecular weight excluding hydrogens is 420 g/mol. The van der Waals surface area contributed by atoms with E-state index in [-0.39, 0.29) is 0 Å². The Kier molecular flexibility index (Phi) is 13.6. The topological polar surface area (TPSA) is 0 Å². The molecule has 0 heterocycles. The van der Waals surface area contributed by atoms with Gasteiger partial charge in [0.2, 0.25) is 0 Å². The standard InChI is InChI=1S/C18H32.C17H30/c1-3-5-15-7-11-17(12-8-15)18-13-9-16(6-4-2)10-14-18;1-3-5-15-8-12-17(13-9-15)16-10-6-14(4-2)7-11-16/h3,5,15-18H,4,6-14H2,1-2H3;4,14-17H,2-3,5-13H2,1H3/b5-3+;. The Labute approximate surface area is 221 Å². The van der Waals surface area contributed by atoms with Gasteiger partial charge in [-0.15, -0.1) is 6.58 Å². The molecule has 0 amide bonds. The molecule has 0 saturated heterocycles. The van der Waals surface area contributed by atoms with Crippen LogP contribution in [0, 0.1) is 47.3 Å². The van der Waals surface area contributed by atoms with E-state index in [0.717, 1.165) is 47.3 Å². The van der Waals surface area contributed by atoms with Crippen LogP contribution < -0.4 is 0 Å². The monoisotopic (exact) mass is 482 g/mol. The third kappa shape index (κ3) is 9.70. The van der Waals surface area contributed by atoms with Crippen molar-refractivity contribution in [2.75, 3.05) is 0 Å². The van der Waals surface area contributed by atoms with Gasteiger partial charge in [-0.05, 0) is 131 Å². The fourth-order valence-electron chi connectivity index (χ4n) is 8.65. The molecule has 0 aromatic heterocycles. The molecule has 0 bridgehead atoms. The molecule has 0 heteroatoms. The molecule has 4 saturated carbocycles. The molecule has 0 N–H and O–H groups in total. The number of allylic oxidation sites excluding steroid dienone is 3. The summed E-state index contributed by atoms with van der Waals surface area (Å²) >= 11 is 0. The van der Waals surface area contributed by atoms with E-state index in [1.807, 2.05) is 0 Å². The average Bonchev–Trinajstić information content (AvgIpc) is 2.91. The highest BCUT2D eigenvalue weighted by atomic mass is 14.4. The second-order valence-corrected chi connectivity index (χ2v) is 13.3. The molecule has 0 aromatic rings. The molecule has 0 unspecified atom stereocenters. The van der Waals surface area contributed by atoms with Crippen molar-refractivity contribution in [3.05, 3.63) is 24.8 Å². The van der Waals surface area contributed by atoms with Crippen molar-refractivity contribution in [3.63, 3.8) is 0 Å². The van der Waals surface area contributed by atoms with Gasteiger partial charge in [0.15, 0.2) is 0 Å². The van der Waals surface area contributed by atoms with Crippen LogP contribution in [0.2, 0.25) is 0 Å². The largest absolute Gasteiger partial charge is 0.103 e. The molecule has 0 aliphatic heterocycles. The first-order valence-electron chi connectivity index (χ1n) is 16.4. The van der Waals surface area contributed by atoms with Crippen LogP contribution in [0.15, 0.2) is 24.8 Å². The predicted molar refractivity (Wildman–Crippen MR) is 157 cm³/mol. The summed E-state index contributed by atoms with van der Waals surface area (Å²) in [6.07, 6.45) is 36.7. The molecule has 0 radical (unpaired) electrons. The van der Waals surface area contributed by atoms with Crippen LogP contribution in [0.5, 0.6) is 0 Å². The Hall–Kier alpha value is -0.520. The van der Waals surface area contributed by atoms with E-state index in [1.54, 1.807) is 12.8 Å². The van der Waals surface area contributed by atoms with E-state index in [2.05, 4.69) is 45.6 Å². The lowest BCUT2D eigenvalue weighted by molar-refractivity contribution is 0.152. The average molecular weight is 483 g/mol. The van der Waals surface area contributed by atoms with Crippen LogP contribution in [0.4, 0.5) is 0 Å². The highest BCUT2D eigenvalue weighted by molar-refractivity contribution is 4.91. The number of hydrogen-bond donors (Lipinski definition) is 0. The summed E-state index contributed by atoms with van der Waals surface area (Å²) < 4.78 is 0. The maximum absolute atomic E-state index is 3.95. The van der Waals surface area contributed by atoms with E-state index in [0.29, 0.717) is 0 Å². The zero-order valence-electron chi connectivity index (χ0n) is 24.2. The highest BCUT2D eigenvalue weighted by Gasteiger charge is 2.31.